The number of hydrogen-bond acceptors (Lipinski definition) is 4. The summed E-state index contributed by atoms with van der Waals surface area (Å²) in [5.74, 6) is 4.90. The molecule has 170 valence electrons. The first kappa shape index (κ1) is 22.8. The molecule has 0 aromatic heterocycles. The standard InChI is InChI=1S/C28H26N4O2/c1-3-30-25(33)16-12-19-11-15-23-24(17-19)32-28(34)26(23)27(21-7-5-4-6-8-21)31-22-13-9-20(10-14-22)18-29-2/h4-11,13-15,17,29,31H,3,18H2,1-2H3,(H,30,33)(H,32,34)/b27-26-. The summed E-state index contributed by atoms with van der Waals surface area (Å²) in [7, 11) is 1.91. The van der Waals surface area contributed by atoms with Gasteiger partial charge in [-0.3, -0.25) is 9.59 Å². The highest BCUT2D eigenvalue weighted by Crippen LogP contribution is 2.38. The van der Waals surface area contributed by atoms with Crippen LogP contribution in [0.15, 0.2) is 72.8 Å². The fraction of sp³-hybridized carbons (Fsp3) is 0.143. The van der Waals surface area contributed by atoms with E-state index < -0.39 is 0 Å². The molecular weight excluding hydrogens is 424 g/mol. The summed E-state index contributed by atoms with van der Waals surface area (Å²) >= 11 is 0. The molecule has 0 saturated carbocycles. The smallest absolute Gasteiger partial charge is 0.296 e. The van der Waals surface area contributed by atoms with Gasteiger partial charge in [-0.05, 0) is 49.4 Å². The van der Waals surface area contributed by atoms with Crippen molar-refractivity contribution in [3.8, 4) is 11.8 Å². The van der Waals surface area contributed by atoms with Gasteiger partial charge in [-0.2, -0.15) is 0 Å². The quantitative estimate of drug-likeness (QED) is 0.340. The minimum absolute atomic E-state index is 0.193. The van der Waals surface area contributed by atoms with Gasteiger partial charge >= 0.3 is 0 Å². The Balaban J connectivity index is 1.74. The van der Waals surface area contributed by atoms with E-state index in [1.165, 1.54) is 5.56 Å². The van der Waals surface area contributed by atoms with E-state index in [1.54, 1.807) is 6.07 Å². The Morgan fingerprint density at radius 3 is 2.47 bits per heavy atom. The first-order valence-corrected chi connectivity index (χ1v) is 11.1. The molecular formula is C28H26N4O2. The lowest BCUT2D eigenvalue weighted by Gasteiger charge is -2.15. The predicted octanol–water partition coefficient (Wildman–Crippen LogP) is 3.83. The van der Waals surface area contributed by atoms with Crippen molar-refractivity contribution in [3.63, 3.8) is 0 Å². The summed E-state index contributed by atoms with van der Waals surface area (Å²) in [5.41, 5.74) is 6.35. The Kier molecular flexibility index (Phi) is 7.07. The van der Waals surface area contributed by atoms with E-state index in [4.69, 9.17) is 0 Å². The number of hydrogen-bond donors (Lipinski definition) is 4. The second kappa shape index (κ2) is 10.5. The average molecular weight is 451 g/mol. The number of rotatable bonds is 6. The molecule has 3 aromatic rings. The van der Waals surface area contributed by atoms with Gasteiger partial charge in [0.25, 0.3) is 11.8 Å². The van der Waals surface area contributed by atoms with E-state index in [-0.39, 0.29) is 11.8 Å². The van der Waals surface area contributed by atoms with Crippen molar-refractivity contribution < 1.29 is 9.59 Å². The summed E-state index contributed by atoms with van der Waals surface area (Å²) in [6.45, 7) is 3.15. The zero-order valence-electron chi connectivity index (χ0n) is 19.2. The van der Waals surface area contributed by atoms with Gasteiger partial charge in [-0.15, -0.1) is 0 Å². The van der Waals surface area contributed by atoms with E-state index in [9.17, 15) is 9.59 Å². The predicted molar refractivity (Wildman–Crippen MR) is 137 cm³/mol. The number of nitrogens with one attached hydrogen (secondary N) is 4. The molecule has 0 aliphatic carbocycles. The molecule has 1 aliphatic heterocycles. The highest BCUT2D eigenvalue weighted by molar-refractivity contribution is 6.37. The minimum Gasteiger partial charge on any atom is -0.354 e. The topological polar surface area (TPSA) is 82.3 Å². The molecule has 0 spiro atoms. The molecule has 4 rings (SSSR count). The van der Waals surface area contributed by atoms with Crippen LogP contribution < -0.4 is 21.3 Å². The van der Waals surface area contributed by atoms with E-state index in [2.05, 4.69) is 45.2 Å². The van der Waals surface area contributed by atoms with Crippen LogP contribution in [0.3, 0.4) is 0 Å². The van der Waals surface area contributed by atoms with Crippen molar-refractivity contribution in [2.45, 2.75) is 13.5 Å². The highest BCUT2D eigenvalue weighted by Gasteiger charge is 2.28. The van der Waals surface area contributed by atoms with E-state index in [1.807, 2.05) is 68.6 Å². The van der Waals surface area contributed by atoms with Crippen molar-refractivity contribution in [2.75, 3.05) is 24.2 Å². The Bertz CT molecular complexity index is 1300. The first-order chi connectivity index (χ1) is 16.6. The van der Waals surface area contributed by atoms with E-state index in [0.717, 1.165) is 29.1 Å². The van der Waals surface area contributed by atoms with Crippen LogP contribution in [0.2, 0.25) is 0 Å². The summed E-state index contributed by atoms with van der Waals surface area (Å²) in [6, 6.07) is 23.4. The van der Waals surface area contributed by atoms with E-state index in [0.29, 0.717) is 23.4 Å². The van der Waals surface area contributed by atoms with Crippen LogP contribution in [0.4, 0.5) is 11.4 Å². The molecule has 0 atom stereocenters. The third-order valence-electron chi connectivity index (χ3n) is 5.34. The summed E-state index contributed by atoms with van der Waals surface area (Å²) in [4.78, 5) is 24.8. The SMILES string of the molecule is CCNC(=O)C#Cc1ccc2c(c1)NC(=O)/C2=C(\Nc1ccc(CNC)cc1)c1ccccc1. The zero-order chi connectivity index (χ0) is 23.9. The van der Waals surface area contributed by atoms with Crippen LogP contribution in [0, 0.1) is 11.8 Å². The lowest BCUT2D eigenvalue weighted by Crippen LogP contribution is -2.20. The van der Waals surface area contributed by atoms with Crippen molar-refractivity contribution >= 4 is 34.5 Å². The molecule has 2 amide bonds. The lowest BCUT2D eigenvalue weighted by molar-refractivity contribution is -0.115. The van der Waals surface area contributed by atoms with Crippen LogP contribution in [0.1, 0.15) is 29.2 Å². The molecule has 34 heavy (non-hydrogen) atoms. The van der Waals surface area contributed by atoms with Gasteiger partial charge in [-0.1, -0.05) is 54.5 Å². The molecule has 0 fully saturated rings. The van der Waals surface area contributed by atoms with Gasteiger partial charge < -0.3 is 21.3 Å². The van der Waals surface area contributed by atoms with Crippen molar-refractivity contribution in [1.82, 2.24) is 10.6 Å². The maximum Gasteiger partial charge on any atom is 0.296 e. The Morgan fingerprint density at radius 1 is 1.00 bits per heavy atom. The number of benzene rings is 3. The van der Waals surface area contributed by atoms with Gasteiger partial charge in [-0.25, -0.2) is 0 Å². The van der Waals surface area contributed by atoms with Gasteiger partial charge in [0.1, 0.15) is 0 Å². The van der Waals surface area contributed by atoms with Gasteiger partial charge in [0.05, 0.1) is 17.0 Å². The summed E-state index contributed by atoms with van der Waals surface area (Å²) < 4.78 is 0. The van der Waals surface area contributed by atoms with Crippen molar-refractivity contribution in [3.05, 3.63) is 95.1 Å². The molecule has 3 aromatic carbocycles. The maximum atomic E-state index is 13.1. The van der Waals surface area contributed by atoms with Crippen LogP contribution in [-0.2, 0) is 16.1 Å². The van der Waals surface area contributed by atoms with Crippen LogP contribution in [0.5, 0.6) is 0 Å². The van der Waals surface area contributed by atoms with E-state index >= 15 is 0 Å². The fourth-order valence-electron chi connectivity index (χ4n) is 3.77. The number of anilines is 2. The molecule has 6 heteroatoms. The lowest BCUT2D eigenvalue weighted by atomic mass is 9.99. The van der Waals surface area contributed by atoms with Gasteiger partial charge in [0.15, 0.2) is 0 Å². The van der Waals surface area contributed by atoms with Gasteiger partial charge in [0.2, 0.25) is 0 Å². The molecule has 0 saturated heterocycles. The number of amides is 2. The highest BCUT2D eigenvalue weighted by atomic mass is 16.2. The van der Waals surface area contributed by atoms with Crippen LogP contribution >= 0.6 is 0 Å². The summed E-state index contributed by atoms with van der Waals surface area (Å²) in [5, 5.41) is 12.2. The number of carbonyl (C=O) groups is 2. The average Bonchev–Trinajstić information content (AvgIpc) is 3.18. The first-order valence-electron chi connectivity index (χ1n) is 11.1. The molecule has 6 nitrogen and oxygen atoms in total. The zero-order valence-corrected chi connectivity index (χ0v) is 19.2. The third-order valence-corrected chi connectivity index (χ3v) is 5.34. The Morgan fingerprint density at radius 2 is 1.76 bits per heavy atom. The molecule has 1 aliphatic rings. The molecule has 1 heterocycles. The molecule has 0 unspecified atom stereocenters. The second-order valence-corrected chi connectivity index (χ2v) is 7.79. The Hall–Kier alpha value is -4.34. The largest absolute Gasteiger partial charge is 0.354 e. The Labute approximate surface area is 199 Å². The van der Waals surface area contributed by atoms with Crippen LogP contribution in [-0.4, -0.2) is 25.4 Å². The van der Waals surface area contributed by atoms with Crippen molar-refractivity contribution in [1.29, 1.82) is 0 Å². The second-order valence-electron chi connectivity index (χ2n) is 7.79. The number of fused-ring (bicyclic) bond motifs is 1. The summed E-state index contributed by atoms with van der Waals surface area (Å²) in [6.07, 6.45) is 0. The van der Waals surface area contributed by atoms with Gasteiger partial charge in [0, 0.05) is 35.8 Å². The van der Waals surface area contributed by atoms with Crippen LogP contribution in [0.25, 0.3) is 11.3 Å². The minimum atomic E-state index is -0.330. The molecule has 0 radical (unpaired) electrons. The number of carbonyl (C=O) groups excluding carboxylic acids is 2. The molecule has 0 bridgehead atoms. The third kappa shape index (κ3) is 5.17. The fourth-order valence-corrected chi connectivity index (χ4v) is 3.77. The maximum absolute atomic E-state index is 13.1. The van der Waals surface area contributed by atoms with Crippen molar-refractivity contribution in [2.24, 2.45) is 0 Å². The molecule has 4 N–H and O–H groups in total. The monoisotopic (exact) mass is 450 g/mol. The normalized spacial score (nSPS) is 13.3.